The highest BCUT2D eigenvalue weighted by Crippen LogP contribution is 2.30. The zero-order chi connectivity index (χ0) is 13.1. The van der Waals surface area contributed by atoms with Gasteiger partial charge in [0, 0.05) is 17.9 Å². The van der Waals surface area contributed by atoms with Crippen LogP contribution in [0.3, 0.4) is 0 Å². The second-order valence-corrected chi connectivity index (χ2v) is 7.03. The Labute approximate surface area is 109 Å². The van der Waals surface area contributed by atoms with Crippen molar-refractivity contribution >= 4 is 9.84 Å². The Hall–Kier alpha value is -0.940. The van der Waals surface area contributed by atoms with Gasteiger partial charge in [-0.25, -0.2) is 8.42 Å². The fourth-order valence-corrected chi connectivity index (χ4v) is 4.51. The van der Waals surface area contributed by atoms with Crippen molar-refractivity contribution in [2.45, 2.75) is 42.5 Å². The lowest BCUT2D eigenvalue weighted by atomic mass is 9.83. The lowest BCUT2D eigenvalue weighted by Crippen LogP contribution is -2.50. The molecule has 0 bridgehead atoms. The van der Waals surface area contributed by atoms with Crippen molar-refractivity contribution in [3.05, 3.63) is 24.5 Å². The SMILES string of the molecule is CNC1(CS(=O)(=O)c2cccnc2)CCCCC1. The summed E-state index contributed by atoms with van der Waals surface area (Å²) in [5.74, 6) is 0.169. The molecule has 5 heteroatoms. The first kappa shape index (κ1) is 13.5. The Bertz CT molecular complexity index is 479. The molecule has 0 saturated heterocycles. The van der Waals surface area contributed by atoms with E-state index in [-0.39, 0.29) is 11.3 Å². The molecule has 1 saturated carbocycles. The molecule has 1 aliphatic rings. The monoisotopic (exact) mass is 268 g/mol. The highest BCUT2D eigenvalue weighted by Gasteiger charge is 2.35. The van der Waals surface area contributed by atoms with E-state index in [1.54, 1.807) is 18.3 Å². The highest BCUT2D eigenvalue weighted by molar-refractivity contribution is 7.91. The minimum absolute atomic E-state index is 0.169. The summed E-state index contributed by atoms with van der Waals surface area (Å²) in [5, 5.41) is 3.24. The average molecular weight is 268 g/mol. The van der Waals surface area contributed by atoms with Crippen molar-refractivity contribution in [1.82, 2.24) is 10.3 Å². The number of aromatic nitrogens is 1. The van der Waals surface area contributed by atoms with Gasteiger partial charge in [0.15, 0.2) is 9.84 Å². The molecule has 100 valence electrons. The van der Waals surface area contributed by atoms with Gasteiger partial charge in [0.05, 0.1) is 10.6 Å². The predicted molar refractivity (Wildman–Crippen MR) is 71.2 cm³/mol. The summed E-state index contributed by atoms with van der Waals surface area (Å²) in [5.41, 5.74) is -0.257. The average Bonchev–Trinajstić information content (AvgIpc) is 2.40. The molecule has 18 heavy (non-hydrogen) atoms. The largest absolute Gasteiger partial charge is 0.313 e. The van der Waals surface area contributed by atoms with Gasteiger partial charge < -0.3 is 5.32 Å². The van der Waals surface area contributed by atoms with E-state index >= 15 is 0 Å². The third kappa shape index (κ3) is 2.90. The molecular weight excluding hydrogens is 248 g/mol. The molecule has 0 amide bonds. The van der Waals surface area contributed by atoms with Crippen LogP contribution in [0.15, 0.2) is 29.4 Å². The fraction of sp³-hybridized carbons (Fsp3) is 0.615. The van der Waals surface area contributed by atoms with Crippen molar-refractivity contribution in [3.63, 3.8) is 0 Å². The molecule has 1 aromatic heterocycles. The standard InChI is InChI=1S/C13H20N2O2S/c1-14-13(7-3-2-4-8-13)11-18(16,17)12-6-5-9-15-10-12/h5-6,9-10,14H,2-4,7-8,11H2,1H3. The molecule has 0 spiro atoms. The summed E-state index contributed by atoms with van der Waals surface area (Å²) in [6, 6.07) is 3.29. The Morgan fingerprint density at radius 1 is 1.33 bits per heavy atom. The second-order valence-electron chi connectivity index (χ2n) is 5.04. The summed E-state index contributed by atoms with van der Waals surface area (Å²) in [6.45, 7) is 0. The summed E-state index contributed by atoms with van der Waals surface area (Å²) >= 11 is 0. The molecule has 0 aromatic carbocycles. The quantitative estimate of drug-likeness (QED) is 0.904. The molecule has 0 unspecified atom stereocenters. The van der Waals surface area contributed by atoms with Gasteiger partial charge in [-0.3, -0.25) is 4.98 Å². The van der Waals surface area contributed by atoms with E-state index in [1.807, 2.05) is 7.05 Å². The van der Waals surface area contributed by atoms with Gasteiger partial charge in [-0.2, -0.15) is 0 Å². The topological polar surface area (TPSA) is 59.1 Å². The van der Waals surface area contributed by atoms with E-state index in [2.05, 4.69) is 10.3 Å². The smallest absolute Gasteiger partial charge is 0.181 e. The number of pyridine rings is 1. The van der Waals surface area contributed by atoms with E-state index < -0.39 is 9.84 Å². The number of nitrogens with one attached hydrogen (secondary N) is 1. The summed E-state index contributed by atoms with van der Waals surface area (Å²) in [6.07, 6.45) is 8.30. The van der Waals surface area contributed by atoms with Crippen LogP contribution >= 0.6 is 0 Å². The second kappa shape index (κ2) is 5.36. The van der Waals surface area contributed by atoms with Gasteiger partial charge in [0.25, 0.3) is 0 Å². The molecule has 1 N–H and O–H groups in total. The Balaban J connectivity index is 2.21. The van der Waals surface area contributed by atoms with Crippen LogP contribution < -0.4 is 5.32 Å². The summed E-state index contributed by atoms with van der Waals surface area (Å²) in [7, 11) is -1.39. The predicted octanol–water partition coefficient (Wildman–Crippen LogP) is 1.78. The Kier molecular flexibility index (Phi) is 4.02. The molecule has 0 radical (unpaired) electrons. The van der Waals surface area contributed by atoms with E-state index in [1.165, 1.54) is 12.6 Å². The molecule has 0 aliphatic heterocycles. The molecular formula is C13H20N2O2S. The molecule has 1 aromatic rings. The van der Waals surface area contributed by atoms with Gasteiger partial charge in [0.1, 0.15) is 0 Å². The van der Waals surface area contributed by atoms with Gasteiger partial charge in [-0.05, 0) is 32.0 Å². The Morgan fingerprint density at radius 3 is 2.61 bits per heavy atom. The number of sulfone groups is 1. The van der Waals surface area contributed by atoms with Crippen LogP contribution in [0.5, 0.6) is 0 Å². The van der Waals surface area contributed by atoms with Crippen LogP contribution in [0.1, 0.15) is 32.1 Å². The first-order chi connectivity index (χ1) is 8.58. The van der Waals surface area contributed by atoms with E-state index in [9.17, 15) is 8.42 Å². The van der Waals surface area contributed by atoms with Gasteiger partial charge in [0.2, 0.25) is 0 Å². The van der Waals surface area contributed by atoms with Crippen LogP contribution in [-0.4, -0.2) is 31.7 Å². The summed E-state index contributed by atoms with van der Waals surface area (Å²) in [4.78, 5) is 4.22. The van der Waals surface area contributed by atoms with Crippen molar-refractivity contribution < 1.29 is 8.42 Å². The molecule has 4 nitrogen and oxygen atoms in total. The van der Waals surface area contributed by atoms with E-state index in [4.69, 9.17) is 0 Å². The van der Waals surface area contributed by atoms with Crippen LogP contribution in [0.25, 0.3) is 0 Å². The summed E-state index contributed by atoms with van der Waals surface area (Å²) < 4.78 is 24.8. The van der Waals surface area contributed by atoms with Crippen LogP contribution in [0, 0.1) is 0 Å². The maximum absolute atomic E-state index is 12.4. The first-order valence-corrected chi connectivity index (χ1v) is 8.05. The maximum Gasteiger partial charge on any atom is 0.181 e. The van der Waals surface area contributed by atoms with E-state index in [0.29, 0.717) is 4.90 Å². The fourth-order valence-electron chi connectivity index (χ4n) is 2.67. The van der Waals surface area contributed by atoms with E-state index in [0.717, 1.165) is 25.7 Å². The van der Waals surface area contributed by atoms with Crippen LogP contribution in [0.2, 0.25) is 0 Å². The molecule has 1 fully saturated rings. The third-order valence-corrected chi connectivity index (χ3v) is 5.69. The minimum atomic E-state index is -3.26. The molecule has 1 heterocycles. The van der Waals surface area contributed by atoms with Gasteiger partial charge in [-0.1, -0.05) is 19.3 Å². The molecule has 1 aliphatic carbocycles. The van der Waals surface area contributed by atoms with Crippen LogP contribution in [-0.2, 0) is 9.84 Å². The number of rotatable bonds is 4. The van der Waals surface area contributed by atoms with Crippen molar-refractivity contribution in [2.75, 3.05) is 12.8 Å². The molecule has 0 atom stereocenters. The zero-order valence-electron chi connectivity index (χ0n) is 10.7. The number of nitrogens with zero attached hydrogens (tertiary/aromatic N) is 1. The molecule has 2 rings (SSSR count). The maximum atomic E-state index is 12.4. The van der Waals surface area contributed by atoms with Crippen molar-refractivity contribution in [3.8, 4) is 0 Å². The Morgan fingerprint density at radius 2 is 2.06 bits per heavy atom. The third-order valence-electron chi connectivity index (χ3n) is 3.80. The lowest BCUT2D eigenvalue weighted by Gasteiger charge is -2.36. The normalized spacial score (nSPS) is 19.6. The lowest BCUT2D eigenvalue weighted by molar-refractivity contribution is 0.273. The number of hydrogen-bond donors (Lipinski definition) is 1. The van der Waals surface area contributed by atoms with Crippen LogP contribution in [0.4, 0.5) is 0 Å². The van der Waals surface area contributed by atoms with Gasteiger partial charge in [-0.15, -0.1) is 0 Å². The highest BCUT2D eigenvalue weighted by atomic mass is 32.2. The van der Waals surface area contributed by atoms with Crippen molar-refractivity contribution in [2.24, 2.45) is 0 Å². The first-order valence-electron chi connectivity index (χ1n) is 6.40. The van der Waals surface area contributed by atoms with Crippen molar-refractivity contribution in [1.29, 1.82) is 0 Å². The van der Waals surface area contributed by atoms with Gasteiger partial charge >= 0.3 is 0 Å². The zero-order valence-corrected chi connectivity index (χ0v) is 11.5. The number of hydrogen-bond acceptors (Lipinski definition) is 4. The minimum Gasteiger partial charge on any atom is -0.313 e.